The molecule has 0 spiro atoms. The summed E-state index contributed by atoms with van der Waals surface area (Å²) in [4.78, 5) is 27.3. The molecule has 2 aliphatic carbocycles. The lowest BCUT2D eigenvalue weighted by Crippen LogP contribution is -2.37. The number of amides is 2. The standard InChI is InChI=1S/C19H25N5O3/c1-19(2)14-7-15(21-22-16(14)24(17(19)25)13-3-4-13)20-12-5-10-8-23(18(26)27)9-11(10)6-12/h7,10-13H,3-6,8-9H2,1-2H3,(H,20,21)(H,26,27)/t10-,11+,12-. The SMILES string of the molecule is CC1(C)C(=O)N(C2CC2)c2nnc(N[C@@H]3C[C@@H]4CN(C(=O)O)C[C@@H]4C3)cc21. The molecule has 0 bridgehead atoms. The Morgan fingerprint density at radius 2 is 1.89 bits per heavy atom. The fourth-order valence-electron chi connectivity index (χ4n) is 5.06. The Morgan fingerprint density at radius 1 is 1.22 bits per heavy atom. The fraction of sp³-hybridized carbons (Fsp3) is 0.684. The highest BCUT2D eigenvalue weighted by molar-refractivity contribution is 6.07. The van der Waals surface area contributed by atoms with E-state index in [0.717, 1.165) is 37.1 Å². The van der Waals surface area contributed by atoms with Crippen molar-refractivity contribution in [2.45, 2.75) is 57.0 Å². The van der Waals surface area contributed by atoms with E-state index < -0.39 is 11.5 Å². The van der Waals surface area contributed by atoms with E-state index in [1.165, 1.54) is 4.90 Å². The summed E-state index contributed by atoms with van der Waals surface area (Å²) in [5.41, 5.74) is 0.380. The number of likely N-dealkylation sites (tertiary alicyclic amines) is 1. The molecule has 8 heteroatoms. The largest absolute Gasteiger partial charge is 0.465 e. The molecule has 3 atom stereocenters. The Bertz CT molecular complexity index is 808. The molecule has 1 aromatic heterocycles. The molecule has 3 fully saturated rings. The molecule has 8 nitrogen and oxygen atoms in total. The van der Waals surface area contributed by atoms with Gasteiger partial charge in [0, 0.05) is 30.7 Å². The van der Waals surface area contributed by atoms with Crippen molar-refractivity contribution in [2.24, 2.45) is 11.8 Å². The zero-order chi connectivity index (χ0) is 18.9. The first-order valence-corrected chi connectivity index (χ1v) is 9.81. The van der Waals surface area contributed by atoms with Gasteiger partial charge in [-0.1, -0.05) is 0 Å². The van der Waals surface area contributed by atoms with Crippen LogP contribution in [0.5, 0.6) is 0 Å². The Balaban J connectivity index is 1.32. The summed E-state index contributed by atoms with van der Waals surface area (Å²) in [5, 5.41) is 21.4. The van der Waals surface area contributed by atoms with Crippen molar-refractivity contribution in [1.82, 2.24) is 15.1 Å². The molecule has 2 saturated carbocycles. The number of anilines is 2. The summed E-state index contributed by atoms with van der Waals surface area (Å²) in [7, 11) is 0. The van der Waals surface area contributed by atoms with Gasteiger partial charge < -0.3 is 15.3 Å². The Kier molecular flexibility index (Phi) is 3.45. The summed E-state index contributed by atoms with van der Waals surface area (Å²) in [6.45, 7) is 5.18. The van der Waals surface area contributed by atoms with Crippen molar-refractivity contribution < 1.29 is 14.7 Å². The molecule has 0 unspecified atom stereocenters. The quantitative estimate of drug-likeness (QED) is 0.844. The fourth-order valence-corrected chi connectivity index (χ4v) is 5.06. The number of carbonyl (C=O) groups excluding carboxylic acids is 1. The molecule has 5 rings (SSSR count). The molecular formula is C19H25N5O3. The second kappa shape index (κ2) is 5.56. The number of carbonyl (C=O) groups is 2. The molecule has 144 valence electrons. The number of aromatic nitrogens is 2. The highest BCUT2D eigenvalue weighted by Crippen LogP contribution is 2.46. The molecule has 27 heavy (non-hydrogen) atoms. The van der Waals surface area contributed by atoms with Crippen LogP contribution in [-0.4, -0.2) is 57.4 Å². The first-order valence-electron chi connectivity index (χ1n) is 9.81. The first-order chi connectivity index (χ1) is 12.8. The van der Waals surface area contributed by atoms with Gasteiger partial charge in [-0.15, -0.1) is 10.2 Å². The number of hydrogen-bond acceptors (Lipinski definition) is 5. The second-order valence-corrected chi connectivity index (χ2v) is 9.02. The van der Waals surface area contributed by atoms with Crippen LogP contribution in [0.1, 0.15) is 45.1 Å². The summed E-state index contributed by atoms with van der Waals surface area (Å²) >= 11 is 0. The van der Waals surface area contributed by atoms with Crippen molar-refractivity contribution in [1.29, 1.82) is 0 Å². The van der Waals surface area contributed by atoms with Gasteiger partial charge in [-0.3, -0.25) is 9.69 Å². The van der Waals surface area contributed by atoms with Crippen LogP contribution in [0.3, 0.4) is 0 Å². The van der Waals surface area contributed by atoms with Crippen LogP contribution >= 0.6 is 0 Å². The van der Waals surface area contributed by atoms with Gasteiger partial charge in [-0.05, 0) is 57.4 Å². The Hall–Kier alpha value is -2.38. The van der Waals surface area contributed by atoms with E-state index in [0.29, 0.717) is 30.7 Å². The van der Waals surface area contributed by atoms with Crippen LogP contribution in [0.4, 0.5) is 16.4 Å². The van der Waals surface area contributed by atoms with Gasteiger partial charge in [0.25, 0.3) is 0 Å². The third-order valence-electron chi connectivity index (χ3n) is 6.71. The number of carboxylic acid groups (broad SMARTS) is 1. The maximum Gasteiger partial charge on any atom is 0.407 e. The maximum atomic E-state index is 12.8. The predicted octanol–water partition coefficient (Wildman–Crippen LogP) is 2.06. The van der Waals surface area contributed by atoms with Gasteiger partial charge in [-0.25, -0.2) is 4.79 Å². The molecule has 2 aliphatic heterocycles. The lowest BCUT2D eigenvalue weighted by atomic mass is 9.87. The minimum absolute atomic E-state index is 0.121. The zero-order valence-corrected chi connectivity index (χ0v) is 15.7. The average molecular weight is 371 g/mol. The summed E-state index contributed by atoms with van der Waals surface area (Å²) in [6, 6.07) is 2.56. The number of hydrogen-bond donors (Lipinski definition) is 2. The number of rotatable bonds is 3. The van der Waals surface area contributed by atoms with Gasteiger partial charge in [0.2, 0.25) is 5.91 Å². The smallest absolute Gasteiger partial charge is 0.407 e. The van der Waals surface area contributed by atoms with Crippen LogP contribution in [-0.2, 0) is 10.2 Å². The molecule has 2 N–H and O–H groups in total. The Labute approximate surface area is 157 Å². The third-order valence-corrected chi connectivity index (χ3v) is 6.71. The highest BCUT2D eigenvalue weighted by atomic mass is 16.4. The van der Waals surface area contributed by atoms with Crippen LogP contribution in [0.2, 0.25) is 0 Å². The van der Waals surface area contributed by atoms with Gasteiger partial charge in [-0.2, -0.15) is 0 Å². The number of nitrogens with one attached hydrogen (secondary N) is 1. The van der Waals surface area contributed by atoms with E-state index in [4.69, 9.17) is 5.11 Å². The van der Waals surface area contributed by atoms with E-state index in [2.05, 4.69) is 15.5 Å². The third kappa shape index (κ3) is 2.56. The van der Waals surface area contributed by atoms with Crippen LogP contribution in [0.15, 0.2) is 6.07 Å². The van der Waals surface area contributed by atoms with E-state index in [9.17, 15) is 9.59 Å². The Morgan fingerprint density at radius 3 is 2.48 bits per heavy atom. The maximum absolute atomic E-state index is 12.8. The van der Waals surface area contributed by atoms with Crippen molar-refractivity contribution in [3.05, 3.63) is 11.6 Å². The van der Waals surface area contributed by atoms with Gasteiger partial charge >= 0.3 is 6.09 Å². The molecule has 2 amide bonds. The molecule has 3 heterocycles. The highest BCUT2D eigenvalue weighted by Gasteiger charge is 2.50. The van der Waals surface area contributed by atoms with Crippen molar-refractivity contribution >= 4 is 23.6 Å². The van der Waals surface area contributed by atoms with Crippen LogP contribution in [0.25, 0.3) is 0 Å². The zero-order valence-electron chi connectivity index (χ0n) is 15.7. The van der Waals surface area contributed by atoms with E-state index in [1.807, 2.05) is 24.8 Å². The second-order valence-electron chi connectivity index (χ2n) is 9.02. The molecule has 0 aromatic carbocycles. The van der Waals surface area contributed by atoms with E-state index in [-0.39, 0.29) is 18.0 Å². The number of nitrogens with zero attached hydrogens (tertiary/aromatic N) is 4. The summed E-state index contributed by atoms with van der Waals surface area (Å²) < 4.78 is 0. The summed E-state index contributed by atoms with van der Waals surface area (Å²) in [6.07, 6.45) is 3.17. The lowest BCUT2D eigenvalue weighted by molar-refractivity contribution is -0.122. The first kappa shape index (κ1) is 16.8. The van der Waals surface area contributed by atoms with Crippen LogP contribution in [0, 0.1) is 11.8 Å². The predicted molar refractivity (Wildman–Crippen MR) is 98.8 cm³/mol. The molecular weight excluding hydrogens is 346 g/mol. The van der Waals surface area contributed by atoms with Crippen molar-refractivity contribution in [3.63, 3.8) is 0 Å². The van der Waals surface area contributed by atoms with E-state index in [1.54, 1.807) is 0 Å². The molecule has 1 aromatic rings. The lowest BCUT2D eigenvalue weighted by Gasteiger charge is -2.19. The normalized spacial score (nSPS) is 31.2. The van der Waals surface area contributed by atoms with Gasteiger partial charge in [0.1, 0.15) is 5.82 Å². The monoisotopic (exact) mass is 371 g/mol. The average Bonchev–Trinajstić information content (AvgIpc) is 3.20. The topological polar surface area (TPSA) is 98.7 Å². The summed E-state index contributed by atoms with van der Waals surface area (Å²) in [5.74, 6) is 2.40. The minimum Gasteiger partial charge on any atom is -0.465 e. The number of fused-ring (bicyclic) bond motifs is 2. The van der Waals surface area contributed by atoms with Crippen molar-refractivity contribution in [2.75, 3.05) is 23.3 Å². The van der Waals surface area contributed by atoms with E-state index >= 15 is 0 Å². The molecule has 0 radical (unpaired) electrons. The minimum atomic E-state index is -0.814. The van der Waals surface area contributed by atoms with Gasteiger partial charge in [0.05, 0.1) is 5.41 Å². The van der Waals surface area contributed by atoms with Crippen LogP contribution < -0.4 is 10.2 Å². The molecule has 1 saturated heterocycles. The van der Waals surface area contributed by atoms with Gasteiger partial charge in [0.15, 0.2) is 5.82 Å². The van der Waals surface area contributed by atoms with Crippen molar-refractivity contribution in [3.8, 4) is 0 Å². The molecule has 4 aliphatic rings.